The van der Waals surface area contributed by atoms with Gasteiger partial charge >= 0.3 is 0 Å². The molecule has 0 unspecified atom stereocenters. The van der Waals surface area contributed by atoms with Gasteiger partial charge in [0.15, 0.2) is 0 Å². The molecule has 0 radical (unpaired) electrons. The summed E-state index contributed by atoms with van der Waals surface area (Å²) in [5.41, 5.74) is 8.96. The van der Waals surface area contributed by atoms with E-state index in [-0.39, 0.29) is 0 Å². The zero-order valence-corrected chi connectivity index (χ0v) is 6.72. The quantitative estimate of drug-likeness (QED) is 0.487. The first-order valence-electron chi connectivity index (χ1n) is 3.47. The van der Waals surface area contributed by atoms with Gasteiger partial charge in [0.1, 0.15) is 6.29 Å². The third-order valence-electron chi connectivity index (χ3n) is 1.78. The summed E-state index contributed by atoms with van der Waals surface area (Å²) in [6, 6.07) is 3.62. The van der Waals surface area contributed by atoms with Gasteiger partial charge in [-0.05, 0) is 31.0 Å². The maximum absolute atomic E-state index is 10.4. The molecule has 2 heteroatoms. The molecule has 2 nitrogen and oxygen atoms in total. The second kappa shape index (κ2) is 2.74. The number of carbonyl (C=O) groups excluding carboxylic acids is 1. The molecule has 1 rings (SSSR count). The van der Waals surface area contributed by atoms with E-state index in [0.717, 1.165) is 17.4 Å². The molecule has 0 amide bonds. The van der Waals surface area contributed by atoms with Crippen molar-refractivity contribution in [3.63, 3.8) is 0 Å². The highest BCUT2D eigenvalue weighted by Gasteiger charge is 1.99. The Morgan fingerprint density at radius 3 is 2.45 bits per heavy atom. The van der Waals surface area contributed by atoms with E-state index in [9.17, 15) is 4.79 Å². The fourth-order valence-electron chi connectivity index (χ4n) is 1.01. The molecule has 0 aliphatic heterocycles. The van der Waals surface area contributed by atoms with Gasteiger partial charge in [0, 0.05) is 11.3 Å². The standard InChI is InChI=1S/C9H11NO/c1-6-3-7(2)9(10)4-8(6)5-11/h3-5H,10H2,1-2H3. The molecule has 0 heterocycles. The Kier molecular flexibility index (Phi) is 1.94. The van der Waals surface area contributed by atoms with Crippen LogP contribution in [0, 0.1) is 13.8 Å². The summed E-state index contributed by atoms with van der Waals surface area (Å²) in [6.45, 7) is 3.83. The van der Waals surface area contributed by atoms with Gasteiger partial charge in [-0.1, -0.05) is 6.07 Å². The summed E-state index contributed by atoms with van der Waals surface area (Å²) in [6.07, 6.45) is 0.825. The number of aryl methyl sites for hydroxylation is 2. The number of carbonyl (C=O) groups is 1. The molecule has 0 atom stereocenters. The summed E-state index contributed by atoms with van der Waals surface area (Å²) >= 11 is 0. The van der Waals surface area contributed by atoms with Crippen molar-refractivity contribution in [1.29, 1.82) is 0 Å². The average molecular weight is 149 g/mol. The van der Waals surface area contributed by atoms with E-state index in [1.807, 2.05) is 19.9 Å². The van der Waals surface area contributed by atoms with E-state index in [1.54, 1.807) is 6.07 Å². The van der Waals surface area contributed by atoms with Crippen molar-refractivity contribution in [2.75, 3.05) is 5.73 Å². The van der Waals surface area contributed by atoms with E-state index < -0.39 is 0 Å². The number of aldehydes is 1. The van der Waals surface area contributed by atoms with Crippen LogP contribution >= 0.6 is 0 Å². The van der Waals surface area contributed by atoms with Crippen LogP contribution in [-0.2, 0) is 0 Å². The summed E-state index contributed by atoms with van der Waals surface area (Å²) in [4.78, 5) is 10.4. The second-order valence-electron chi connectivity index (χ2n) is 2.68. The zero-order valence-electron chi connectivity index (χ0n) is 6.72. The normalized spacial score (nSPS) is 9.64. The maximum Gasteiger partial charge on any atom is 0.150 e. The molecule has 2 N–H and O–H groups in total. The van der Waals surface area contributed by atoms with Crippen LogP contribution in [0.5, 0.6) is 0 Å². The molecule has 0 aromatic heterocycles. The fraction of sp³-hybridized carbons (Fsp3) is 0.222. The summed E-state index contributed by atoms with van der Waals surface area (Å²) in [5, 5.41) is 0. The number of rotatable bonds is 1. The smallest absolute Gasteiger partial charge is 0.150 e. The van der Waals surface area contributed by atoms with Gasteiger partial charge in [0.25, 0.3) is 0 Å². The van der Waals surface area contributed by atoms with Crippen LogP contribution in [0.3, 0.4) is 0 Å². The third kappa shape index (κ3) is 1.40. The minimum Gasteiger partial charge on any atom is -0.398 e. The molecule has 1 aromatic rings. The van der Waals surface area contributed by atoms with Gasteiger partial charge in [-0.25, -0.2) is 0 Å². The number of hydrogen-bond acceptors (Lipinski definition) is 2. The molecule has 0 saturated carbocycles. The molecule has 0 fully saturated rings. The highest BCUT2D eigenvalue weighted by molar-refractivity contribution is 5.79. The lowest BCUT2D eigenvalue weighted by molar-refractivity contribution is 0.112. The number of anilines is 1. The van der Waals surface area contributed by atoms with Crippen molar-refractivity contribution in [3.8, 4) is 0 Å². The highest BCUT2D eigenvalue weighted by atomic mass is 16.1. The Morgan fingerprint density at radius 1 is 1.27 bits per heavy atom. The maximum atomic E-state index is 10.4. The molecular weight excluding hydrogens is 138 g/mol. The van der Waals surface area contributed by atoms with Crippen LogP contribution in [0.15, 0.2) is 12.1 Å². The van der Waals surface area contributed by atoms with E-state index in [1.165, 1.54) is 0 Å². The fourth-order valence-corrected chi connectivity index (χ4v) is 1.01. The Bertz CT molecular complexity index is 292. The average Bonchev–Trinajstić information content (AvgIpc) is 1.97. The SMILES string of the molecule is Cc1cc(C)c(C=O)cc1N. The number of nitrogens with two attached hydrogens (primary N) is 1. The predicted octanol–water partition coefficient (Wildman–Crippen LogP) is 1.70. The van der Waals surface area contributed by atoms with Crippen molar-refractivity contribution < 1.29 is 4.79 Å². The topological polar surface area (TPSA) is 43.1 Å². The van der Waals surface area contributed by atoms with Gasteiger partial charge in [-0.2, -0.15) is 0 Å². The van der Waals surface area contributed by atoms with Gasteiger partial charge in [-0.3, -0.25) is 4.79 Å². The van der Waals surface area contributed by atoms with Crippen LogP contribution in [-0.4, -0.2) is 6.29 Å². The Morgan fingerprint density at radius 2 is 1.91 bits per heavy atom. The van der Waals surface area contributed by atoms with Gasteiger partial charge < -0.3 is 5.73 Å². The van der Waals surface area contributed by atoms with Crippen molar-refractivity contribution in [2.45, 2.75) is 13.8 Å². The van der Waals surface area contributed by atoms with Crippen molar-refractivity contribution in [3.05, 3.63) is 28.8 Å². The molecular formula is C9H11NO. The molecule has 0 spiro atoms. The van der Waals surface area contributed by atoms with E-state index >= 15 is 0 Å². The molecule has 1 aromatic carbocycles. The lowest BCUT2D eigenvalue weighted by Gasteiger charge is -2.03. The monoisotopic (exact) mass is 149 g/mol. The molecule has 0 aliphatic rings. The zero-order chi connectivity index (χ0) is 8.43. The minimum absolute atomic E-state index is 0.674. The van der Waals surface area contributed by atoms with E-state index in [2.05, 4.69) is 0 Å². The highest BCUT2D eigenvalue weighted by Crippen LogP contribution is 2.15. The number of hydrogen-bond donors (Lipinski definition) is 1. The number of benzene rings is 1. The van der Waals surface area contributed by atoms with Crippen LogP contribution < -0.4 is 5.73 Å². The van der Waals surface area contributed by atoms with Crippen molar-refractivity contribution >= 4 is 12.0 Å². The van der Waals surface area contributed by atoms with Gasteiger partial charge in [0.05, 0.1) is 0 Å². The second-order valence-corrected chi connectivity index (χ2v) is 2.68. The van der Waals surface area contributed by atoms with Gasteiger partial charge in [0.2, 0.25) is 0 Å². The summed E-state index contributed by atoms with van der Waals surface area (Å²) in [7, 11) is 0. The molecule has 0 aliphatic carbocycles. The largest absolute Gasteiger partial charge is 0.398 e. The molecule has 11 heavy (non-hydrogen) atoms. The number of nitrogen functional groups attached to an aromatic ring is 1. The first-order chi connectivity index (χ1) is 5.15. The van der Waals surface area contributed by atoms with Crippen LogP contribution in [0.2, 0.25) is 0 Å². The van der Waals surface area contributed by atoms with Gasteiger partial charge in [-0.15, -0.1) is 0 Å². The molecule has 0 bridgehead atoms. The van der Waals surface area contributed by atoms with Crippen LogP contribution in [0.1, 0.15) is 21.5 Å². The Labute approximate surface area is 66.0 Å². The summed E-state index contributed by atoms with van der Waals surface area (Å²) < 4.78 is 0. The van der Waals surface area contributed by atoms with Crippen LogP contribution in [0.4, 0.5) is 5.69 Å². The van der Waals surface area contributed by atoms with E-state index in [4.69, 9.17) is 5.73 Å². The summed E-state index contributed by atoms with van der Waals surface area (Å²) in [5.74, 6) is 0. The van der Waals surface area contributed by atoms with E-state index in [0.29, 0.717) is 11.3 Å². The first-order valence-corrected chi connectivity index (χ1v) is 3.47. The van der Waals surface area contributed by atoms with Crippen LogP contribution in [0.25, 0.3) is 0 Å². The lowest BCUT2D eigenvalue weighted by atomic mass is 10.1. The predicted molar refractivity (Wildman–Crippen MR) is 45.7 cm³/mol. The Balaban J connectivity index is 3.31. The van der Waals surface area contributed by atoms with Crippen molar-refractivity contribution in [2.24, 2.45) is 0 Å². The lowest BCUT2D eigenvalue weighted by Crippen LogP contribution is -1.94. The molecule has 0 saturated heterocycles. The molecule has 58 valence electrons. The Hall–Kier alpha value is -1.31. The first kappa shape index (κ1) is 7.79. The third-order valence-corrected chi connectivity index (χ3v) is 1.78. The minimum atomic E-state index is 0.674. The van der Waals surface area contributed by atoms with Crippen molar-refractivity contribution in [1.82, 2.24) is 0 Å².